The standard InChI is InChI=1S/C12H20N2O3/c15-14(16)9-12(13-5-7-17-8-6-13)10-3-1-2-4-11(10)12/h10-11H,1-9H2. The van der Waals surface area contributed by atoms with Crippen LogP contribution in [0.4, 0.5) is 0 Å². The summed E-state index contributed by atoms with van der Waals surface area (Å²) in [5.74, 6) is 1.17. The Balaban J connectivity index is 1.79. The van der Waals surface area contributed by atoms with E-state index in [1.165, 1.54) is 25.7 Å². The topological polar surface area (TPSA) is 55.6 Å². The number of rotatable bonds is 3. The van der Waals surface area contributed by atoms with Gasteiger partial charge in [0.2, 0.25) is 6.54 Å². The molecule has 2 aliphatic carbocycles. The molecule has 2 atom stereocenters. The molecule has 0 aromatic rings. The van der Waals surface area contributed by atoms with Gasteiger partial charge in [0.25, 0.3) is 0 Å². The minimum absolute atomic E-state index is 0.103. The molecule has 1 aliphatic heterocycles. The van der Waals surface area contributed by atoms with E-state index in [1.54, 1.807) is 0 Å². The van der Waals surface area contributed by atoms with Crippen molar-refractivity contribution in [1.82, 2.24) is 4.90 Å². The molecule has 0 bridgehead atoms. The number of nitro groups is 1. The van der Waals surface area contributed by atoms with Crippen molar-refractivity contribution in [3.05, 3.63) is 10.1 Å². The van der Waals surface area contributed by atoms with Crippen LogP contribution in [0.3, 0.4) is 0 Å². The summed E-state index contributed by atoms with van der Waals surface area (Å²) in [7, 11) is 0. The number of morpholine rings is 1. The summed E-state index contributed by atoms with van der Waals surface area (Å²) in [5, 5.41) is 11.0. The van der Waals surface area contributed by atoms with Crippen molar-refractivity contribution in [1.29, 1.82) is 0 Å². The van der Waals surface area contributed by atoms with E-state index in [9.17, 15) is 10.1 Å². The third-order valence-corrected chi connectivity index (χ3v) is 4.92. The number of hydrogen-bond donors (Lipinski definition) is 0. The van der Waals surface area contributed by atoms with Crippen molar-refractivity contribution in [2.45, 2.75) is 31.2 Å². The zero-order valence-electron chi connectivity index (χ0n) is 10.1. The first-order valence-corrected chi connectivity index (χ1v) is 6.70. The van der Waals surface area contributed by atoms with Gasteiger partial charge in [-0.15, -0.1) is 0 Å². The van der Waals surface area contributed by atoms with Gasteiger partial charge in [0.05, 0.1) is 18.8 Å². The largest absolute Gasteiger partial charge is 0.379 e. The van der Waals surface area contributed by atoms with Crippen molar-refractivity contribution in [2.75, 3.05) is 32.8 Å². The molecule has 0 aromatic carbocycles. The average Bonchev–Trinajstić information content (AvgIpc) is 2.99. The molecule has 2 saturated carbocycles. The van der Waals surface area contributed by atoms with Gasteiger partial charge in [-0.05, 0) is 24.7 Å². The lowest BCUT2D eigenvalue weighted by molar-refractivity contribution is -0.491. The third kappa shape index (κ3) is 1.76. The minimum atomic E-state index is -0.107. The summed E-state index contributed by atoms with van der Waals surface area (Å²) in [6.07, 6.45) is 4.89. The van der Waals surface area contributed by atoms with E-state index in [1.807, 2.05) is 0 Å². The molecule has 0 spiro atoms. The van der Waals surface area contributed by atoms with Crippen molar-refractivity contribution in [3.63, 3.8) is 0 Å². The Hall–Kier alpha value is -0.680. The summed E-state index contributed by atoms with van der Waals surface area (Å²) in [6.45, 7) is 3.36. The number of nitrogens with zero attached hydrogens (tertiary/aromatic N) is 2. The lowest BCUT2D eigenvalue weighted by Gasteiger charge is -2.34. The smallest absolute Gasteiger partial charge is 0.222 e. The fourth-order valence-electron chi connectivity index (χ4n) is 4.21. The third-order valence-electron chi connectivity index (χ3n) is 4.92. The molecule has 0 amide bonds. The quantitative estimate of drug-likeness (QED) is 0.548. The van der Waals surface area contributed by atoms with E-state index < -0.39 is 0 Å². The average molecular weight is 240 g/mol. The molecule has 5 nitrogen and oxygen atoms in total. The first kappa shape index (κ1) is 11.4. The Morgan fingerprint density at radius 2 is 1.82 bits per heavy atom. The van der Waals surface area contributed by atoms with E-state index in [-0.39, 0.29) is 17.0 Å². The van der Waals surface area contributed by atoms with Crippen molar-refractivity contribution in [2.24, 2.45) is 11.8 Å². The van der Waals surface area contributed by atoms with Gasteiger partial charge in [-0.3, -0.25) is 15.0 Å². The molecule has 17 heavy (non-hydrogen) atoms. The molecular formula is C12H20N2O3. The molecule has 3 fully saturated rings. The highest BCUT2D eigenvalue weighted by Crippen LogP contribution is 2.61. The van der Waals surface area contributed by atoms with Crippen LogP contribution in [-0.4, -0.2) is 48.2 Å². The maximum atomic E-state index is 11.0. The molecule has 96 valence electrons. The zero-order chi connectivity index (χ0) is 11.9. The second-order valence-electron chi connectivity index (χ2n) is 5.58. The Kier molecular flexibility index (Phi) is 2.83. The van der Waals surface area contributed by atoms with E-state index in [2.05, 4.69) is 4.90 Å². The van der Waals surface area contributed by atoms with Gasteiger partial charge < -0.3 is 4.74 Å². The lowest BCUT2D eigenvalue weighted by atomic mass is 10.0. The predicted molar refractivity (Wildman–Crippen MR) is 62.4 cm³/mol. The van der Waals surface area contributed by atoms with Crippen LogP contribution in [-0.2, 0) is 4.74 Å². The molecule has 1 heterocycles. The molecule has 0 N–H and O–H groups in total. The Morgan fingerprint density at radius 1 is 1.24 bits per heavy atom. The van der Waals surface area contributed by atoms with Gasteiger partial charge in [-0.25, -0.2) is 0 Å². The Morgan fingerprint density at radius 3 is 2.35 bits per heavy atom. The number of hydrogen-bond acceptors (Lipinski definition) is 4. The van der Waals surface area contributed by atoms with Gasteiger partial charge in [0.15, 0.2) is 0 Å². The van der Waals surface area contributed by atoms with Gasteiger partial charge >= 0.3 is 0 Å². The van der Waals surface area contributed by atoms with Crippen LogP contribution in [0.2, 0.25) is 0 Å². The van der Waals surface area contributed by atoms with Crippen molar-refractivity contribution in [3.8, 4) is 0 Å². The van der Waals surface area contributed by atoms with Crippen LogP contribution in [0.25, 0.3) is 0 Å². The first-order chi connectivity index (χ1) is 8.25. The molecule has 0 radical (unpaired) electrons. The summed E-state index contributed by atoms with van der Waals surface area (Å²) in [6, 6.07) is 0. The second-order valence-corrected chi connectivity index (χ2v) is 5.58. The summed E-state index contributed by atoms with van der Waals surface area (Å²) >= 11 is 0. The highest BCUT2D eigenvalue weighted by molar-refractivity contribution is 5.19. The maximum absolute atomic E-state index is 11.0. The number of ether oxygens (including phenoxy) is 1. The van der Waals surface area contributed by atoms with Gasteiger partial charge in [0.1, 0.15) is 0 Å². The van der Waals surface area contributed by atoms with Gasteiger partial charge in [-0.1, -0.05) is 12.8 Å². The summed E-state index contributed by atoms with van der Waals surface area (Å²) in [4.78, 5) is 13.2. The van der Waals surface area contributed by atoms with Crippen molar-refractivity contribution < 1.29 is 9.66 Å². The number of fused-ring (bicyclic) bond motifs is 1. The van der Waals surface area contributed by atoms with E-state index in [0.29, 0.717) is 11.8 Å². The normalized spacial score (nSPS) is 41.9. The van der Waals surface area contributed by atoms with Crippen LogP contribution in [0, 0.1) is 22.0 Å². The highest BCUT2D eigenvalue weighted by atomic mass is 16.6. The van der Waals surface area contributed by atoms with Crippen LogP contribution < -0.4 is 0 Å². The first-order valence-electron chi connectivity index (χ1n) is 6.70. The summed E-state index contributed by atoms with van der Waals surface area (Å²) < 4.78 is 5.37. The van der Waals surface area contributed by atoms with Gasteiger partial charge in [0, 0.05) is 18.0 Å². The highest BCUT2D eigenvalue weighted by Gasteiger charge is 2.70. The van der Waals surface area contributed by atoms with E-state index in [0.717, 1.165) is 26.3 Å². The van der Waals surface area contributed by atoms with Crippen LogP contribution >= 0.6 is 0 Å². The van der Waals surface area contributed by atoms with Crippen LogP contribution in [0.1, 0.15) is 25.7 Å². The molecule has 0 aromatic heterocycles. The fraction of sp³-hybridized carbons (Fsp3) is 1.00. The van der Waals surface area contributed by atoms with Crippen LogP contribution in [0.5, 0.6) is 0 Å². The fourth-order valence-corrected chi connectivity index (χ4v) is 4.21. The summed E-state index contributed by atoms with van der Waals surface area (Å²) in [5.41, 5.74) is -0.107. The van der Waals surface area contributed by atoms with Crippen LogP contribution in [0.15, 0.2) is 0 Å². The SMILES string of the molecule is O=[N+]([O-])CC1(N2CCOCC2)C2CCCCC21. The maximum Gasteiger partial charge on any atom is 0.222 e. The lowest BCUT2D eigenvalue weighted by Crippen LogP contribution is -2.50. The monoisotopic (exact) mass is 240 g/mol. The van der Waals surface area contributed by atoms with Gasteiger partial charge in [-0.2, -0.15) is 0 Å². The molecule has 1 saturated heterocycles. The molecule has 5 heteroatoms. The predicted octanol–water partition coefficient (Wildman–Crippen LogP) is 1.15. The second kappa shape index (κ2) is 4.21. The molecule has 3 rings (SSSR count). The van der Waals surface area contributed by atoms with Crippen molar-refractivity contribution >= 4 is 0 Å². The Labute approximate surface area is 101 Å². The molecule has 3 aliphatic rings. The zero-order valence-corrected chi connectivity index (χ0v) is 10.1. The van der Waals surface area contributed by atoms with E-state index >= 15 is 0 Å². The molecule has 2 unspecified atom stereocenters. The minimum Gasteiger partial charge on any atom is -0.379 e. The molecular weight excluding hydrogens is 220 g/mol. The van der Waals surface area contributed by atoms with E-state index in [4.69, 9.17) is 4.74 Å². The Bertz CT molecular complexity index is 303.